The minimum absolute atomic E-state index is 0.0360. The molecule has 0 saturated carbocycles. The van der Waals surface area contributed by atoms with Gasteiger partial charge in [-0.3, -0.25) is 28.7 Å². The number of amides is 3. The summed E-state index contributed by atoms with van der Waals surface area (Å²) < 4.78 is 1.76. The van der Waals surface area contributed by atoms with Crippen molar-refractivity contribution in [3.05, 3.63) is 59.7 Å². The van der Waals surface area contributed by atoms with Crippen LogP contribution in [0.15, 0.2) is 42.9 Å². The number of carbonyl (C=O) groups is 3. The van der Waals surface area contributed by atoms with Gasteiger partial charge in [-0.2, -0.15) is 0 Å². The number of aromatic nitrogens is 3. The van der Waals surface area contributed by atoms with Crippen LogP contribution >= 0.6 is 0 Å². The first-order valence-corrected chi connectivity index (χ1v) is 9.74. The third-order valence-corrected chi connectivity index (χ3v) is 5.12. The van der Waals surface area contributed by atoms with Gasteiger partial charge in [-0.05, 0) is 30.7 Å². The SMILES string of the molecule is CCc1nc2ccc(C(=O)N3CCNC(=O)C3)cn2c1N(C)C(=O)c1ccncc1. The molecular weight excluding hydrogens is 384 g/mol. The summed E-state index contributed by atoms with van der Waals surface area (Å²) in [6, 6.07) is 6.77. The molecule has 9 heteroatoms. The Kier molecular flexibility index (Phi) is 5.18. The van der Waals surface area contributed by atoms with Gasteiger partial charge < -0.3 is 10.2 Å². The number of nitrogens with one attached hydrogen (secondary N) is 1. The second-order valence-electron chi connectivity index (χ2n) is 7.06. The predicted octanol–water partition coefficient (Wildman–Crippen LogP) is 1.14. The third-order valence-electron chi connectivity index (χ3n) is 5.12. The molecule has 3 amide bonds. The largest absolute Gasteiger partial charge is 0.353 e. The topological polar surface area (TPSA) is 99.9 Å². The van der Waals surface area contributed by atoms with Crippen LogP contribution in [0.1, 0.15) is 33.3 Å². The first-order valence-electron chi connectivity index (χ1n) is 9.74. The fourth-order valence-electron chi connectivity index (χ4n) is 3.58. The van der Waals surface area contributed by atoms with E-state index in [1.54, 1.807) is 54.3 Å². The number of hydrogen-bond acceptors (Lipinski definition) is 5. The molecule has 30 heavy (non-hydrogen) atoms. The van der Waals surface area contributed by atoms with Crippen molar-refractivity contribution < 1.29 is 14.4 Å². The summed E-state index contributed by atoms with van der Waals surface area (Å²) in [4.78, 5) is 49.2. The Morgan fingerprint density at radius 3 is 2.63 bits per heavy atom. The summed E-state index contributed by atoms with van der Waals surface area (Å²) in [5, 5.41) is 2.71. The highest BCUT2D eigenvalue weighted by Gasteiger charge is 2.25. The highest BCUT2D eigenvalue weighted by Crippen LogP contribution is 2.25. The van der Waals surface area contributed by atoms with Gasteiger partial charge in [-0.15, -0.1) is 0 Å². The molecule has 4 heterocycles. The van der Waals surface area contributed by atoms with Gasteiger partial charge in [-0.25, -0.2) is 4.98 Å². The molecular formula is C21H22N6O3. The van der Waals surface area contributed by atoms with Crippen LogP contribution in [0.5, 0.6) is 0 Å². The van der Waals surface area contributed by atoms with E-state index in [0.717, 1.165) is 5.69 Å². The van der Waals surface area contributed by atoms with Crippen molar-refractivity contribution in [1.82, 2.24) is 24.6 Å². The zero-order valence-electron chi connectivity index (χ0n) is 16.8. The number of rotatable bonds is 4. The molecule has 9 nitrogen and oxygen atoms in total. The first-order chi connectivity index (χ1) is 14.5. The number of nitrogens with zero attached hydrogens (tertiary/aromatic N) is 5. The maximum absolute atomic E-state index is 13.0. The van der Waals surface area contributed by atoms with Crippen LogP contribution in [0, 0.1) is 0 Å². The number of pyridine rings is 2. The van der Waals surface area contributed by atoms with Crippen molar-refractivity contribution in [2.24, 2.45) is 0 Å². The molecule has 3 aromatic heterocycles. The number of fused-ring (bicyclic) bond motifs is 1. The standard InChI is InChI=1S/C21H22N6O3/c1-3-16-19(25(2)20(29)14-6-8-22-9-7-14)27-12-15(4-5-17(27)24-16)21(30)26-11-10-23-18(28)13-26/h4-9,12H,3,10-11,13H2,1-2H3,(H,23,28). The van der Waals surface area contributed by atoms with Crippen molar-refractivity contribution in [2.45, 2.75) is 13.3 Å². The van der Waals surface area contributed by atoms with Gasteiger partial charge in [0.2, 0.25) is 5.91 Å². The molecule has 0 aromatic carbocycles. The summed E-state index contributed by atoms with van der Waals surface area (Å²) >= 11 is 0. The molecule has 154 valence electrons. The lowest BCUT2D eigenvalue weighted by molar-refractivity contribution is -0.123. The van der Waals surface area contributed by atoms with Crippen LogP contribution in [-0.2, 0) is 11.2 Å². The Morgan fingerprint density at radius 2 is 1.93 bits per heavy atom. The fourth-order valence-corrected chi connectivity index (χ4v) is 3.58. The molecule has 0 spiro atoms. The van der Waals surface area contributed by atoms with Crippen molar-refractivity contribution in [3.63, 3.8) is 0 Å². The van der Waals surface area contributed by atoms with E-state index >= 15 is 0 Å². The van der Waals surface area contributed by atoms with Crippen LogP contribution in [0.4, 0.5) is 5.82 Å². The molecule has 1 aliphatic rings. The number of carbonyl (C=O) groups excluding carboxylic acids is 3. The van der Waals surface area contributed by atoms with E-state index in [1.807, 2.05) is 6.92 Å². The van der Waals surface area contributed by atoms with E-state index in [0.29, 0.717) is 42.1 Å². The lowest BCUT2D eigenvalue weighted by Gasteiger charge is -2.26. The molecule has 4 rings (SSSR count). The van der Waals surface area contributed by atoms with Gasteiger partial charge in [0.05, 0.1) is 17.8 Å². The van der Waals surface area contributed by atoms with E-state index in [-0.39, 0.29) is 24.3 Å². The van der Waals surface area contributed by atoms with Crippen LogP contribution in [-0.4, -0.2) is 63.7 Å². The Morgan fingerprint density at radius 1 is 1.17 bits per heavy atom. The van der Waals surface area contributed by atoms with Gasteiger partial charge in [-0.1, -0.05) is 6.92 Å². The molecule has 0 atom stereocenters. The highest BCUT2D eigenvalue weighted by atomic mass is 16.2. The van der Waals surface area contributed by atoms with Crippen molar-refractivity contribution in [3.8, 4) is 0 Å². The molecule has 1 fully saturated rings. The number of hydrogen-bond donors (Lipinski definition) is 1. The summed E-state index contributed by atoms with van der Waals surface area (Å²) in [6.45, 7) is 2.90. The van der Waals surface area contributed by atoms with E-state index in [4.69, 9.17) is 0 Å². The van der Waals surface area contributed by atoms with Crippen molar-refractivity contribution in [2.75, 3.05) is 31.6 Å². The quantitative estimate of drug-likeness (QED) is 0.700. The van der Waals surface area contributed by atoms with E-state index in [2.05, 4.69) is 15.3 Å². The zero-order chi connectivity index (χ0) is 21.3. The van der Waals surface area contributed by atoms with E-state index < -0.39 is 0 Å². The average Bonchev–Trinajstić information content (AvgIpc) is 3.16. The molecule has 1 saturated heterocycles. The van der Waals surface area contributed by atoms with Crippen LogP contribution in [0.25, 0.3) is 5.65 Å². The molecule has 0 unspecified atom stereocenters. The van der Waals surface area contributed by atoms with Crippen LogP contribution in [0.3, 0.4) is 0 Å². The average molecular weight is 406 g/mol. The number of piperazine rings is 1. The third kappa shape index (κ3) is 3.49. The molecule has 0 aliphatic carbocycles. The van der Waals surface area contributed by atoms with Crippen LogP contribution in [0.2, 0.25) is 0 Å². The van der Waals surface area contributed by atoms with Crippen molar-refractivity contribution in [1.29, 1.82) is 0 Å². The number of imidazole rings is 1. The lowest BCUT2D eigenvalue weighted by Crippen LogP contribution is -2.50. The molecule has 1 N–H and O–H groups in total. The molecule has 3 aromatic rings. The zero-order valence-corrected chi connectivity index (χ0v) is 16.8. The number of aryl methyl sites for hydroxylation is 1. The van der Waals surface area contributed by atoms with E-state index in [9.17, 15) is 14.4 Å². The maximum atomic E-state index is 13.0. The van der Waals surface area contributed by atoms with Gasteiger partial charge in [0, 0.05) is 44.3 Å². The molecule has 0 bridgehead atoms. The van der Waals surface area contributed by atoms with Gasteiger partial charge in [0.15, 0.2) is 0 Å². The van der Waals surface area contributed by atoms with Gasteiger partial charge in [0.25, 0.3) is 11.8 Å². The van der Waals surface area contributed by atoms with Crippen LogP contribution < -0.4 is 10.2 Å². The Balaban J connectivity index is 1.73. The smallest absolute Gasteiger partial charge is 0.259 e. The second kappa shape index (κ2) is 7.94. The van der Waals surface area contributed by atoms with Gasteiger partial charge in [0.1, 0.15) is 11.5 Å². The minimum atomic E-state index is -0.229. The Labute approximate surface area is 173 Å². The van der Waals surface area contributed by atoms with Gasteiger partial charge >= 0.3 is 0 Å². The second-order valence-corrected chi connectivity index (χ2v) is 7.06. The minimum Gasteiger partial charge on any atom is -0.353 e. The monoisotopic (exact) mass is 406 g/mol. The normalized spacial score (nSPS) is 13.9. The Hall–Kier alpha value is -3.75. The summed E-state index contributed by atoms with van der Waals surface area (Å²) in [7, 11) is 1.69. The highest BCUT2D eigenvalue weighted by molar-refractivity contribution is 6.05. The van der Waals surface area contributed by atoms with Crippen molar-refractivity contribution >= 4 is 29.2 Å². The fraction of sp³-hybridized carbons (Fsp3) is 0.286. The lowest BCUT2D eigenvalue weighted by atomic mass is 10.2. The maximum Gasteiger partial charge on any atom is 0.259 e. The summed E-state index contributed by atoms with van der Waals surface area (Å²) in [5.74, 6) is 0.0150. The molecule has 1 aliphatic heterocycles. The van der Waals surface area contributed by atoms with E-state index in [1.165, 1.54) is 9.80 Å². The number of anilines is 1. The summed E-state index contributed by atoms with van der Waals surface area (Å²) in [5.41, 5.74) is 2.34. The predicted molar refractivity (Wildman–Crippen MR) is 110 cm³/mol. The first kappa shape index (κ1) is 19.6. The summed E-state index contributed by atoms with van der Waals surface area (Å²) in [6.07, 6.45) is 5.45. The molecule has 0 radical (unpaired) electrons. The Bertz CT molecular complexity index is 1120.